The molecule has 0 amide bonds. The fourth-order valence-corrected chi connectivity index (χ4v) is 3.63. The van der Waals surface area contributed by atoms with Crippen LogP contribution in [-0.2, 0) is 4.74 Å². The monoisotopic (exact) mass is 394 g/mol. The molecule has 2 aliphatic rings. The van der Waals surface area contributed by atoms with Crippen LogP contribution in [0.25, 0.3) is 0 Å². The van der Waals surface area contributed by atoms with Crippen LogP contribution in [0.5, 0.6) is 0 Å². The summed E-state index contributed by atoms with van der Waals surface area (Å²) in [5.74, 6) is 0. The van der Waals surface area contributed by atoms with Gasteiger partial charge in [-0.15, -0.1) is 0 Å². The minimum absolute atomic E-state index is 0. The van der Waals surface area contributed by atoms with Crippen molar-refractivity contribution in [3.8, 4) is 0 Å². The largest absolute Gasteiger partial charge is 0.371 e. The van der Waals surface area contributed by atoms with E-state index in [2.05, 4.69) is 41.5 Å². The van der Waals surface area contributed by atoms with Crippen molar-refractivity contribution in [3.63, 3.8) is 0 Å². The van der Waals surface area contributed by atoms with Gasteiger partial charge in [0.2, 0.25) is 0 Å². The summed E-state index contributed by atoms with van der Waals surface area (Å²) in [6.07, 6.45) is 2.37. The molecule has 1 fully saturated rings. The maximum atomic E-state index is 6.04. The van der Waals surface area contributed by atoms with Gasteiger partial charge in [0, 0.05) is 58.9 Å². The predicted molar refractivity (Wildman–Crippen MR) is 68.4 cm³/mol. The first-order valence-corrected chi connectivity index (χ1v) is 6.35. The smallest absolute Gasteiger partial charge is 0.0878 e. The third-order valence-corrected chi connectivity index (χ3v) is 4.81. The van der Waals surface area contributed by atoms with Gasteiger partial charge in [0.05, 0.1) is 5.60 Å². The van der Waals surface area contributed by atoms with Crippen molar-refractivity contribution in [2.24, 2.45) is 5.41 Å². The zero-order chi connectivity index (χ0) is 12.1. The normalized spacial score (nSPS) is 32.1. The molecule has 0 spiro atoms. The van der Waals surface area contributed by atoms with Gasteiger partial charge in [-0.25, -0.2) is 0 Å². The minimum atomic E-state index is -0.0212. The summed E-state index contributed by atoms with van der Waals surface area (Å²) in [7, 11) is 0. The summed E-state index contributed by atoms with van der Waals surface area (Å²) < 4.78 is 6.04. The Kier molecular flexibility index (Phi) is 4.85. The topological polar surface area (TPSA) is 9.23 Å². The molecule has 0 saturated carbocycles. The zero-order valence-electron chi connectivity index (χ0n) is 11.8. The Hall–Kier alpha value is 0.959. The van der Waals surface area contributed by atoms with Crippen LogP contribution in [0.4, 0.5) is 0 Å². The summed E-state index contributed by atoms with van der Waals surface area (Å²) >= 11 is 0. The fourth-order valence-electron chi connectivity index (χ4n) is 3.63. The number of rotatable bonds is 1. The molecule has 1 nitrogen and oxygen atoms in total. The molecule has 1 atom stereocenters. The van der Waals surface area contributed by atoms with Crippen LogP contribution in [0, 0.1) is 52.3 Å². The average Bonchev–Trinajstić information content (AvgIpc) is 2.67. The number of hydrogen-bond donors (Lipinski definition) is 0. The van der Waals surface area contributed by atoms with E-state index >= 15 is 0 Å². The number of hydrogen-bond acceptors (Lipinski definition) is 1. The van der Waals surface area contributed by atoms with Gasteiger partial charge in [0.1, 0.15) is 0 Å². The van der Waals surface area contributed by atoms with Crippen LogP contribution in [0.1, 0.15) is 54.4 Å². The Balaban J connectivity index is 0.00000144. The van der Waals surface area contributed by atoms with Gasteiger partial charge in [0.15, 0.2) is 0 Å². The molecule has 0 aromatic heterocycles. The molecule has 1 heterocycles. The first-order valence-electron chi connectivity index (χ1n) is 6.35. The van der Waals surface area contributed by atoms with E-state index in [1.54, 1.807) is 0 Å². The van der Waals surface area contributed by atoms with Crippen molar-refractivity contribution < 1.29 is 51.7 Å². The molecule has 17 heavy (non-hydrogen) atoms. The Morgan fingerprint density at radius 1 is 1.00 bits per heavy atom. The number of ether oxygens (including phenoxy) is 1. The van der Waals surface area contributed by atoms with Crippen LogP contribution in [0.15, 0.2) is 22.3 Å². The SMILES string of the molecule is CC1=C(C)C(C)(C)C(C2(C)CCCO2)=C1C.[Yb]. The molecule has 0 bridgehead atoms. The molecule has 0 radical (unpaired) electrons. The van der Waals surface area contributed by atoms with E-state index < -0.39 is 0 Å². The summed E-state index contributed by atoms with van der Waals surface area (Å²) in [5.41, 5.74) is 6.12. The van der Waals surface area contributed by atoms with Crippen LogP contribution >= 0.6 is 0 Å². The fraction of sp³-hybridized carbons (Fsp3) is 0.733. The Bertz CT molecular complexity index is 382. The van der Waals surface area contributed by atoms with Gasteiger partial charge < -0.3 is 4.74 Å². The van der Waals surface area contributed by atoms with Crippen molar-refractivity contribution in [1.82, 2.24) is 0 Å². The van der Waals surface area contributed by atoms with Gasteiger partial charge in [-0.05, 0) is 57.3 Å². The second-order valence-corrected chi connectivity index (χ2v) is 6.06. The van der Waals surface area contributed by atoms with Crippen molar-refractivity contribution >= 4 is 0 Å². The van der Waals surface area contributed by atoms with E-state index in [1.807, 2.05) is 0 Å². The van der Waals surface area contributed by atoms with Crippen molar-refractivity contribution in [2.75, 3.05) is 6.61 Å². The van der Waals surface area contributed by atoms with E-state index in [0.29, 0.717) is 0 Å². The number of allylic oxidation sites excluding steroid dienone is 3. The predicted octanol–water partition coefficient (Wildman–Crippen LogP) is 4.25. The molecule has 2 heteroatoms. The summed E-state index contributed by atoms with van der Waals surface area (Å²) in [6.45, 7) is 14.6. The van der Waals surface area contributed by atoms with E-state index in [-0.39, 0.29) is 57.9 Å². The Morgan fingerprint density at radius 3 is 1.94 bits per heavy atom. The quantitative estimate of drug-likeness (QED) is 0.647. The van der Waals surface area contributed by atoms with Crippen LogP contribution in [0.3, 0.4) is 0 Å². The average molecular weight is 393 g/mol. The van der Waals surface area contributed by atoms with Gasteiger partial charge in [-0.2, -0.15) is 0 Å². The van der Waals surface area contributed by atoms with E-state index in [9.17, 15) is 0 Å². The first-order chi connectivity index (χ1) is 7.31. The molecule has 1 saturated heterocycles. The molecule has 1 unspecified atom stereocenters. The van der Waals surface area contributed by atoms with Crippen LogP contribution in [0.2, 0.25) is 0 Å². The van der Waals surface area contributed by atoms with Crippen molar-refractivity contribution in [3.05, 3.63) is 22.3 Å². The second kappa shape index (κ2) is 5.15. The van der Waals surface area contributed by atoms with Crippen LogP contribution in [-0.4, -0.2) is 12.2 Å². The molecule has 0 N–H and O–H groups in total. The van der Waals surface area contributed by atoms with E-state index in [4.69, 9.17) is 4.74 Å². The third-order valence-electron chi connectivity index (χ3n) is 4.81. The van der Waals surface area contributed by atoms with Gasteiger partial charge in [0.25, 0.3) is 0 Å². The second-order valence-electron chi connectivity index (χ2n) is 6.06. The molecule has 0 aromatic rings. The molecule has 2 rings (SSSR count). The molecule has 1 aliphatic heterocycles. The van der Waals surface area contributed by atoms with E-state index in [0.717, 1.165) is 6.61 Å². The standard InChI is InChI=1S/C15H24O.Yb/c1-10-11(2)13(14(4,5)12(10)3)15(6)8-7-9-16-15;/h7-9H2,1-6H3;. The Labute approximate surface area is 144 Å². The first kappa shape index (κ1) is 16.0. The Morgan fingerprint density at radius 2 is 1.59 bits per heavy atom. The zero-order valence-corrected chi connectivity index (χ0v) is 13.5. The van der Waals surface area contributed by atoms with Gasteiger partial charge >= 0.3 is 0 Å². The summed E-state index contributed by atoms with van der Waals surface area (Å²) in [5, 5.41) is 0. The molecular formula is C15H24OYb. The molecule has 104 valence electrons. The van der Waals surface area contributed by atoms with Crippen LogP contribution < -0.4 is 0 Å². The molecule has 1 aliphatic carbocycles. The summed E-state index contributed by atoms with van der Waals surface area (Å²) in [6, 6.07) is 0. The van der Waals surface area contributed by atoms with Crippen molar-refractivity contribution in [1.29, 1.82) is 0 Å². The minimum Gasteiger partial charge on any atom is -0.371 e. The van der Waals surface area contributed by atoms with E-state index in [1.165, 1.54) is 35.1 Å². The van der Waals surface area contributed by atoms with Gasteiger partial charge in [-0.1, -0.05) is 19.4 Å². The molecule has 0 aromatic carbocycles. The van der Waals surface area contributed by atoms with Crippen molar-refractivity contribution in [2.45, 2.75) is 60.0 Å². The maximum Gasteiger partial charge on any atom is 0.0878 e. The summed E-state index contributed by atoms with van der Waals surface area (Å²) in [4.78, 5) is 0. The van der Waals surface area contributed by atoms with Gasteiger partial charge in [-0.3, -0.25) is 0 Å². The molecular weight excluding hydrogens is 369 g/mol. The maximum absolute atomic E-state index is 6.04. The third kappa shape index (κ3) is 2.38.